The van der Waals surface area contributed by atoms with E-state index >= 15 is 0 Å². The fourth-order valence-electron chi connectivity index (χ4n) is 8.87. The van der Waals surface area contributed by atoms with E-state index in [0.717, 1.165) is 105 Å². The van der Waals surface area contributed by atoms with Gasteiger partial charge in [0.05, 0.1) is 44.5 Å². The number of hydrogen-bond acceptors (Lipinski definition) is 3. The Morgan fingerprint density at radius 1 is 0.375 bits per heavy atom. The molecule has 0 atom stereocenters. The van der Waals surface area contributed by atoms with Crippen molar-refractivity contribution in [2.75, 3.05) is 0 Å². The highest BCUT2D eigenvalue weighted by Gasteiger charge is 2.25. The Morgan fingerprint density at radius 2 is 0.911 bits per heavy atom. The lowest BCUT2D eigenvalue weighted by atomic mass is 10.0. The molecule has 262 valence electrons. The number of fused-ring (bicyclic) bond motifs is 10. The maximum Gasteiger partial charge on any atom is 0.145 e. The Kier molecular flexibility index (Phi) is 6.53. The number of nitrogens with zero attached hydrogens (tertiary/aromatic N) is 5. The topological polar surface area (TPSA) is 53.7 Å². The Morgan fingerprint density at radius 3 is 1.62 bits per heavy atom. The van der Waals surface area contributed by atoms with Gasteiger partial charge < -0.3 is 13.6 Å². The summed E-state index contributed by atoms with van der Waals surface area (Å²) in [5.41, 5.74) is 13.2. The molecule has 12 aromatic rings. The fourth-order valence-corrected chi connectivity index (χ4v) is 8.87. The van der Waals surface area contributed by atoms with Crippen LogP contribution in [0.2, 0.25) is 0 Å². The molecule has 0 saturated carbocycles. The van der Waals surface area contributed by atoms with Crippen molar-refractivity contribution < 1.29 is 4.42 Å². The molecule has 0 aliphatic carbocycles. The van der Waals surface area contributed by atoms with Gasteiger partial charge in [-0.2, -0.15) is 0 Å². The SMILES string of the molecule is c1ccc(-c2nnn(-c3cccc4c3c3ccccc3n4-c3ccccc3-n3c4ccccc4c4c5oc6ccccc6c5ccc43)c2-c2ccccc2)cc1. The summed E-state index contributed by atoms with van der Waals surface area (Å²) in [4.78, 5) is 0. The van der Waals surface area contributed by atoms with Crippen molar-refractivity contribution in [1.82, 2.24) is 24.1 Å². The van der Waals surface area contributed by atoms with Gasteiger partial charge in [-0.1, -0.05) is 139 Å². The predicted molar refractivity (Wildman–Crippen MR) is 228 cm³/mol. The number of para-hydroxylation sites is 5. The fraction of sp³-hybridized carbons (Fsp3) is 0. The summed E-state index contributed by atoms with van der Waals surface area (Å²) in [6, 6.07) is 66.1. The van der Waals surface area contributed by atoms with E-state index in [1.54, 1.807) is 0 Å². The maximum absolute atomic E-state index is 6.64. The van der Waals surface area contributed by atoms with E-state index in [0.29, 0.717) is 0 Å². The summed E-state index contributed by atoms with van der Waals surface area (Å²) in [6.07, 6.45) is 0. The highest BCUT2D eigenvalue weighted by molar-refractivity contribution is 6.24. The van der Waals surface area contributed by atoms with E-state index in [-0.39, 0.29) is 0 Å². The molecule has 4 aromatic heterocycles. The second-order valence-corrected chi connectivity index (χ2v) is 14.2. The zero-order valence-corrected chi connectivity index (χ0v) is 30.0. The molecule has 0 aliphatic rings. The molecule has 0 N–H and O–H groups in total. The minimum Gasteiger partial charge on any atom is -0.455 e. The minimum atomic E-state index is 0.841. The van der Waals surface area contributed by atoms with E-state index in [4.69, 9.17) is 14.7 Å². The van der Waals surface area contributed by atoms with Crippen LogP contribution in [0.15, 0.2) is 192 Å². The van der Waals surface area contributed by atoms with E-state index in [1.807, 2.05) is 35.0 Å². The molecule has 6 nitrogen and oxygen atoms in total. The molecule has 4 heterocycles. The molecule has 56 heavy (non-hydrogen) atoms. The van der Waals surface area contributed by atoms with Crippen molar-refractivity contribution in [3.63, 3.8) is 0 Å². The average molecular weight is 718 g/mol. The molecular weight excluding hydrogens is 687 g/mol. The first-order valence-electron chi connectivity index (χ1n) is 18.9. The van der Waals surface area contributed by atoms with Crippen molar-refractivity contribution >= 4 is 65.6 Å². The maximum atomic E-state index is 6.64. The van der Waals surface area contributed by atoms with Crippen LogP contribution in [0.3, 0.4) is 0 Å². The van der Waals surface area contributed by atoms with Crippen LogP contribution in [-0.4, -0.2) is 24.1 Å². The largest absolute Gasteiger partial charge is 0.455 e. The third-order valence-corrected chi connectivity index (χ3v) is 11.2. The zero-order chi connectivity index (χ0) is 36.7. The summed E-state index contributed by atoms with van der Waals surface area (Å²) in [5.74, 6) is 0. The van der Waals surface area contributed by atoms with Crippen LogP contribution < -0.4 is 0 Å². The molecule has 6 heteroatoms. The third-order valence-electron chi connectivity index (χ3n) is 11.2. The lowest BCUT2D eigenvalue weighted by molar-refractivity contribution is 0.673. The van der Waals surface area contributed by atoms with Crippen molar-refractivity contribution in [3.05, 3.63) is 188 Å². The van der Waals surface area contributed by atoms with E-state index in [1.165, 1.54) is 0 Å². The molecule has 0 spiro atoms. The van der Waals surface area contributed by atoms with Gasteiger partial charge in [0, 0.05) is 38.1 Å². The van der Waals surface area contributed by atoms with Gasteiger partial charge in [0.15, 0.2) is 0 Å². The second kappa shape index (κ2) is 11.9. The van der Waals surface area contributed by atoms with Crippen LogP contribution in [0.4, 0.5) is 0 Å². The van der Waals surface area contributed by atoms with Gasteiger partial charge in [-0.05, 0) is 54.6 Å². The number of furan rings is 1. The van der Waals surface area contributed by atoms with Crippen LogP contribution >= 0.6 is 0 Å². The minimum absolute atomic E-state index is 0.841. The van der Waals surface area contributed by atoms with Crippen LogP contribution in [0.25, 0.3) is 105 Å². The summed E-state index contributed by atoms with van der Waals surface area (Å²) in [7, 11) is 0. The second-order valence-electron chi connectivity index (χ2n) is 14.2. The summed E-state index contributed by atoms with van der Waals surface area (Å²) >= 11 is 0. The highest BCUT2D eigenvalue weighted by atomic mass is 16.3. The zero-order valence-electron chi connectivity index (χ0n) is 30.0. The molecule has 8 aromatic carbocycles. The van der Waals surface area contributed by atoms with Crippen LogP contribution in [0.1, 0.15) is 0 Å². The van der Waals surface area contributed by atoms with Gasteiger partial charge in [-0.25, -0.2) is 4.68 Å². The van der Waals surface area contributed by atoms with Crippen molar-refractivity contribution in [1.29, 1.82) is 0 Å². The van der Waals surface area contributed by atoms with Crippen molar-refractivity contribution in [2.24, 2.45) is 0 Å². The highest BCUT2D eigenvalue weighted by Crippen LogP contribution is 2.44. The summed E-state index contributed by atoms with van der Waals surface area (Å²) in [6.45, 7) is 0. The molecule has 0 saturated heterocycles. The molecule has 0 amide bonds. The van der Waals surface area contributed by atoms with Gasteiger partial charge in [-0.3, -0.25) is 0 Å². The summed E-state index contributed by atoms with van der Waals surface area (Å²) < 4.78 is 13.5. The van der Waals surface area contributed by atoms with Crippen molar-refractivity contribution in [3.8, 4) is 39.6 Å². The number of benzene rings is 8. The molecule has 0 unspecified atom stereocenters. The van der Waals surface area contributed by atoms with Gasteiger partial charge in [-0.15, -0.1) is 5.10 Å². The normalized spacial score (nSPS) is 11.9. The van der Waals surface area contributed by atoms with E-state index in [2.05, 4.69) is 167 Å². The predicted octanol–water partition coefficient (Wildman–Crippen LogP) is 12.7. The van der Waals surface area contributed by atoms with Gasteiger partial charge in [0.25, 0.3) is 0 Å². The molecule has 0 bridgehead atoms. The molecular formula is C50H31N5O. The Hall–Kier alpha value is -7.70. The Bertz CT molecular complexity index is 3480. The van der Waals surface area contributed by atoms with Crippen LogP contribution in [0, 0.1) is 0 Å². The van der Waals surface area contributed by atoms with Crippen LogP contribution in [-0.2, 0) is 0 Å². The van der Waals surface area contributed by atoms with Crippen LogP contribution in [0.5, 0.6) is 0 Å². The monoisotopic (exact) mass is 717 g/mol. The Balaban J connectivity index is 1.15. The number of aromatic nitrogens is 5. The van der Waals surface area contributed by atoms with E-state index in [9.17, 15) is 0 Å². The first-order chi connectivity index (χ1) is 27.8. The molecule has 0 fully saturated rings. The lowest BCUT2D eigenvalue weighted by Crippen LogP contribution is -2.04. The molecule has 0 aliphatic heterocycles. The smallest absolute Gasteiger partial charge is 0.145 e. The van der Waals surface area contributed by atoms with Gasteiger partial charge >= 0.3 is 0 Å². The lowest BCUT2D eigenvalue weighted by Gasteiger charge is -2.17. The first kappa shape index (κ1) is 30.7. The average Bonchev–Trinajstić information content (AvgIpc) is 4.04. The van der Waals surface area contributed by atoms with Gasteiger partial charge in [0.2, 0.25) is 0 Å². The Labute approximate surface area is 320 Å². The first-order valence-corrected chi connectivity index (χ1v) is 18.9. The third kappa shape index (κ3) is 4.32. The molecule has 0 radical (unpaired) electrons. The standard InChI is InChI=1S/C50H31N5O/c1-3-16-32(17-4-1)48-49(33-18-5-2-6-19-33)55(52-51-48)44-28-15-27-42-46(44)36-21-7-10-23-38(36)53(42)40-25-12-13-26-41(40)54-39-24-11-8-22-37(39)47-43(54)31-30-35-34-20-9-14-29-45(34)56-50(35)47/h1-31H. The van der Waals surface area contributed by atoms with Gasteiger partial charge in [0.1, 0.15) is 22.6 Å². The quantitative estimate of drug-likeness (QED) is 0.178. The molecule has 12 rings (SSSR count). The van der Waals surface area contributed by atoms with Crippen molar-refractivity contribution in [2.45, 2.75) is 0 Å². The summed E-state index contributed by atoms with van der Waals surface area (Å²) in [5, 5.41) is 16.5. The van der Waals surface area contributed by atoms with E-state index < -0.39 is 0 Å². The number of hydrogen-bond donors (Lipinski definition) is 0. The number of rotatable bonds is 5.